The molecule has 28 heavy (non-hydrogen) atoms. The molecular weight excluding hydrogens is 542 g/mol. The Morgan fingerprint density at radius 2 is 2.04 bits per heavy atom. The van der Waals surface area contributed by atoms with Gasteiger partial charge in [0.2, 0.25) is 0 Å². The van der Waals surface area contributed by atoms with Crippen LogP contribution in [0.15, 0.2) is 24.3 Å². The summed E-state index contributed by atoms with van der Waals surface area (Å²) < 4.78 is 41.8. The molecule has 0 aliphatic carbocycles. The molecule has 0 bridgehead atoms. The second-order valence-electron chi connectivity index (χ2n) is 5.92. The molecule has 0 spiro atoms. The highest BCUT2D eigenvalue weighted by atomic mass is 127. The Labute approximate surface area is 183 Å². The fraction of sp³-hybridized carbons (Fsp3) is 0.250. The van der Waals surface area contributed by atoms with Crippen molar-refractivity contribution in [2.75, 3.05) is 22.9 Å². The average Bonchev–Trinajstić information content (AvgIpc) is 3.01. The first-order valence-electron chi connectivity index (χ1n) is 7.91. The van der Waals surface area contributed by atoms with Crippen LogP contribution in [0, 0.1) is 6.92 Å². The number of imidazole rings is 1. The molecule has 2 atom stereocenters. The van der Waals surface area contributed by atoms with Gasteiger partial charge in [-0.1, -0.05) is 17.7 Å². The van der Waals surface area contributed by atoms with Crippen molar-refractivity contribution in [1.29, 1.82) is 0 Å². The molecule has 3 aromatic rings. The van der Waals surface area contributed by atoms with Crippen LogP contribution >= 0.6 is 40.0 Å². The molecule has 1 aromatic carbocycles. The van der Waals surface area contributed by atoms with Crippen molar-refractivity contribution < 1.29 is 13.0 Å². The van der Waals surface area contributed by atoms with E-state index in [1.54, 1.807) is 23.7 Å². The zero-order valence-corrected chi connectivity index (χ0v) is 19.7. The van der Waals surface area contributed by atoms with Crippen LogP contribution in [-0.2, 0) is 11.0 Å². The van der Waals surface area contributed by atoms with Crippen molar-refractivity contribution >= 4 is 79.2 Å². The van der Waals surface area contributed by atoms with Gasteiger partial charge in [-0.05, 0) is 46.7 Å². The Hall–Kier alpha value is -1.10. The maximum atomic E-state index is 13.4. The van der Waals surface area contributed by atoms with E-state index in [9.17, 15) is 13.0 Å². The van der Waals surface area contributed by atoms with Crippen LogP contribution in [0.2, 0.25) is 5.15 Å². The Morgan fingerprint density at radius 1 is 1.32 bits per heavy atom. The monoisotopic (exact) mass is 557 g/mol. The predicted octanol–water partition coefficient (Wildman–Crippen LogP) is 5.60. The van der Waals surface area contributed by atoms with Crippen molar-refractivity contribution in [2.24, 2.45) is 0 Å². The highest BCUT2D eigenvalue weighted by molar-refractivity contribution is 14.2. The molecule has 150 valence electrons. The Kier molecular flexibility index (Phi) is 6.73. The average molecular weight is 558 g/mol. The smallest absolute Gasteiger partial charge is 0.295 e. The molecule has 2 unspecified atom stereocenters. The number of hydrogen-bond donors (Lipinski definition) is 1. The summed E-state index contributed by atoms with van der Waals surface area (Å²) in [7, 11) is 0.474. The van der Waals surface area contributed by atoms with E-state index < -0.39 is 17.4 Å². The molecule has 2 heterocycles. The molecule has 2 aromatic heterocycles. The lowest BCUT2D eigenvalue weighted by Gasteiger charge is -2.21. The molecule has 12 heteroatoms. The first-order valence-corrected chi connectivity index (χ1v) is 13.9. The zero-order chi connectivity index (χ0) is 20.6. The molecule has 1 N–H and O–H groups in total. The zero-order valence-electron chi connectivity index (χ0n) is 15.0. The van der Waals surface area contributed by atoms with E-state index in [0.717, 1.165) is 5.56 Å². The number of rotatable bonds is 6. The number of aryl methyl sites for hydroxylation is 1. The van der Waals surface area contributed by atoms with Crippen LogP contribution in [0.25, 0.3) is 11.2 Å². The summed E-state index contributed by atoms with van der Waals surface area (Å²) in [6.07, 6.45) is -1.16. The van der Waals surface area contributed by atoms with E-state index in [1.807, 2.05) is 47.2 Å². The summed E-state index contributed by atoms with van der Waals surface area (Å²) in [5, 5.41) is 3.36. The van der Waals surface area contributed by atoms with E-state index in [1.165, 1.54) is 4.34 Å². The first-order chi connectivity index (χ1) is 13.2. The van der Waals surface area contributed by atoms with Crippen molar-refractivity contribution in [1.82, 2.24) is 14.3 Å². The van der Waals surface area contributed by atoms with Crippen LogP contribution in [0.5, 0.6) is 0 Å². The number of pyridine rings is 1. The molecule has 0 radical (unpaired) electrons. The molecular formula is C16H16ClF2IN5OPS. The van der Waals surface area contributed by atoms with Crippen molar-refractivity contribution in [3.63, 3.8) is 0 Å². The van der Waals surface area contributed by atoms with Gasteiger partial charge < -0.3 is 5.32 Å². The van der Waals surface area contributed by atoms with Crippen LogP contribution < -0.4 is 9.62 Å². The molecule has 6 nitrogen and oxygen atoms in total. The number of fused-ring (bicyclic) bond motifs is 1. The third kappa shape index (κ3) is 4.24. The summed E-state index contributed by atoms with van der Waals surface area (Å²) in [6, 6.07) is 7.16. The molecule has 3 rings (SSSR count). The maximum absolute atomic E-state index is 13.4. The van der Waals surface area contributed by atoms with Crippen LogP contribution in [-0.4, -0.2) is 31.8 Å². The van der Waals surface area contributed by atoms with Gasteiger partial charge in [0.1, 0.15) is 21.7 Å². The molecule has 0 fully saturated rings. The van der Waals surface area contributed by atoms with Gasteiger partial charge >= 0.3 is 0 Å². The topological polar surface area (TPSA) is 63.1 Å². The summed E-state index contributed by atoms with van der Waals surface area (Å²) in [6.45, 7) is 1.93. The number of alkyl halides is 2. The minimum absolute atomic E-state index is 0.00413. The quantitative estimate of drug-likeness (QED) is 0.244. The molecule has 0 saturated heterocycles. The van der Waals surface area contributed by atoms with Gasteiger partial charge in [0, 0.05) is 19.4 Å². The van der Waals surface area contributed by atoms with Gasteiger partial charge in [-0.15, -0.1) is 0 Å². The lowest BCUT2D eigenvalue weighted by Crippen LogP contribution is -2.20. The fourth-order valence-corrected chi connectivity index (χ4v) is 5.16. The molecule has 0 aliphatic rings. The Balaban J connectivity index is 2.17. The second-order valence-corrected chi connectivity index (χ2v) is 9.77. The summed E-state index contributed by atoms with van der Waals surface area (Å²) in [5.74, 6) is -0.351. The minimum atomic E-state index is -2.73. The van der Waals surface area contributed by atoms with Crippen molar-refractivity contribution in [3.8, 4) is 0 Å². The molecule has 0 amide bonds. The predicted molar refractivity (Wildman–Crippen MR) is 122 cm³/mol. The Morgan fingerprint density at radius 3 is 2.64 bits per heavy atom. The first kappa shape index (κ1) is 21.6. The van der Waals surface area contributed by atoms with E-state index in [2.05, 4.69) is 15.3 Å². The standard InChI is InChI=1S/C16H16ClF2IN5OPS/c1-8-4-5-9(11(6-8)24(2)28(3)26)21-10-7-12(17)22-15-13(10)23-16(14(18)19)25(15)27-20/h4-7,14,27H,1-3H3,(H,21,22). The third-order valence-corrected chi connectivity index (χ3v) is 7.26. The lowest BCUT2D eigenvalue weighted by molar-refractivity contribution is 0.140. The van der Waals surface area contributed by atoms with E-state index >= 15 is 0 Å². The highest BCUT2D eigenvalue weighted by Gasteiger charge is 2.22. The van der Waals surface area contributed by atoms with Gasteiger partial charge in [-0.2, -0.15) is 0 Å². The third-order valence-electron chi connectivity index (χ3n) is 4.04. The van der Waals surface area contributed by atoms with E-state index in [0.29, 0.717) is 28.2 Å². The second kappa shape index (κ2) is 8.73. The van der Waals surface area contributed by atoms with Gasteiger partial charge in [-0.3, -0.25) is 8.64 Å². The number of halogens is 4. The number of nitrogens with one attached hydrogen (secondary N) is 1. The maximum Gasteiger partial charge on any atom is 0.295 e. The number of aromatic nitrogens is 3. The normalized spacial score (nSPS) is 13.0. The van der Waals surface area contributed by atoms with Gasteiger partial charge in [-0.25, -0.2) is 23.0 Å². The molecule has 0 aliphatic heterocycles. The van der Waals surface area contributed by atoms with Crippen LogP contribution in [0.1, 0.15) is 17.8 Å². The van der Waals surface area contributed by atoms with E-state index in [-0.39, 0.29) is 17.4 Å². The fourth-order valence-electron chi connectivity index (χ4n) is 2.65. The number of hydrogen-bond acceptors (Lipinski definition) is 4. The SMILES string of the molecule is Cc1ccc(Nc2cc(Cl)nc3c2nc(C(F)F)n3PI)c(N(C)S(C)=O)c1. The summed E-state index contributed by atoms with van der Waals surface area (Å²) in [4.78, 5) is 8.29. The van der Waals surface area contributed by atoms with E-state index in [4.69, 9.17) is 11.6 Å². The largest absolute Gasteiger partial charge is 0.352 e. The van der Waals surface area contributed by atoms with Crippen LogP contribution in [0.4, 0.5) is 25.8 Å². The van der Waals surface area contributed by atoms with Crippen molar-refractivity contribution in [2.45, 2.75) is 13.3 Å². The van der Waals surface area contributed by atoms with Crippen molar-refractivity contribution in [3.05, 3.63) is 40.8 Å². The van der Waals surface area contributed by atoms with Gasteiger partial charge in [0.05, 0.1) is 23.4 Å². The highest BCUT2D eigenvalue weighted by Crippen LogP contribution is 2.39. The minimum Gasteiger partial charge on any atom is -0.352 e. The molecule has 0 saturated carbocycles. The summed E-state index contributed by atoms with van der Waals surface area (Å²) in [5.41, 5.74) is 3.38. The number of anilines is 3. The lowest BCUT2D eigenvalue weighted by atomic mass is 10.2. The van der Waals surface area contributed by atoms with Gasteiger partial charge in [0.25, 0.3) is 6.43 Å². The summed E-state index contributed by atoms with van der Waals surface area (Å²) >= 11 is 8.15. The van der Waals surface area contributed by atoms with Gasteiger partial charge in [0.15, 0.2) is 11.5 Å². The number of nitrogens with zero attached hydrogens (tertiary/aromatic N) is 4. The Bertz CT molecular complexity index is 1070. The number of benzene rings is 1. The van der Waals surface area contributed by atoms with Crippen LogP contribution in [0.3, 0.4) is 0 Å².